The quantitative estimate of drug-likeness (QED) is 0.757. The summed E-state index contributed by atoms with van der Waals surface area (Å²) < 4.78 is 5.53. The smallest absolute Gasteiger partial charge is 0.223 e. The molecule has 0 unspecified atom stereocenters. The van der Waals surface area contributed by atoms with E-state index in [1.54, 1.807) is 7.05 Å². The highest BCUT2D eigenvalue weighted by Crippen LogP contribution is 2.24. The molecule has 0 radical (unpaired) electrons. The number of nitrogen functional groups attached to an aromatic ring is 1. The van der Waals surface area contributed by atoms with Gasteiger partial charge in [-0.2, -0.15) is 0 Å². The second-order valence-corrected chi connectivity index (χ2v) is 3.75. The molecule has 0 bridgehead atoms. The summed E-state index contributed by atoms with van der Waals surface area (Å²) in [6, 6.07) is 3.78. The van der Waals surface area contributed by atoms with Crippen molar-refractivity contribution in [3.05, 3.63) is 23.3 Å². The number of anilines is 1. The van der Waals surface area contributed by atoms with Crippen LogP contribution in [0.4, 0.5) is 5.69 Å². The van der Waals surface area contributed by atoms with Crippen LogP contribution in [0.15, 0.2) is 12.1 Å². The molecule has 3 N–H and O–H groups in total. The average molecular weight is 222 g/mol. The van der Waals surface area contributed by atoms with E-state index >= 15 is 0 Å². The molecule has 88 valence electrons. The molecule has 4 heteroatoms. The molecule has 0 aliphatic heterocycles. The number of ether oxygens (including phenoxy) is 1. The Balaban J connectivity index is 2.60. The van der Waals surface area contributed by atoms with E-state index in [2.05, 4.69) is 5.32 Å². The summed E-state index contributed by atoms with van der Waals surface area (Å²) >= 11 is 0. The van der Waals surface area contributed by atoms with Crippen molar-refractivity contribution in [3.8, 4) is 5.75 Å². The average Bonchev–Trinajstić information content (AvgIpc) is 2.25. The summed E-state index contributed by atoms with van der Waals surface area (Å²) in [6.07, 6.45) is 0.360. The third-order valence-electron chi connectivity index (χ3n) is 2.43. The number of carbonyl (C=O) groups is 1. The van der Waals surface area contributed by atoms with Crippen LogP contribution in [0, 0.1) is 13.8 Å². The minimum Gasteiger partial charge on any atom is -0.493 e. The molecule has 0 atom stereocenters. The Hall–Kier alpha value is -1.71. The number of aryl methyl sites for hydroxylation is 2. The van der Waals surface area contributed by atoms with E-state index in [0.717, 1.165) is 22.6 Å². The fourth-order valence-electron chi connectivity index (χ4n) is 1.35. The summed E-state index contributed by atoms with van der Waals surface area (Å²) in [5.74, 6) is 0.764. The van der Waals surface area contributed by atoms with Gasteiger partial charge in [0.05, 0.1) is 13.0 Å². The first-order valence-corrected chi connectivity index (χ1v) is 5.24. The molecule has 0 aromatic heterocycles. The van der Waals surface area contributed by atoms with Crippen LogP contribution in [0.1, 0.15) is 17.5 Å². The highest BCUT2D eigenvalue weighted by atomic mass is 16.5. The molecule has 0 saturated carbocycles. The van der Waals surface area contributed by atoms with Gasteiger partial charge in [-0.05, 0) is 37.1 Å². The standard InChI is InChI=1S/C12H18N2O2/c1-8-7-11(9(2)6-10(8)13)16-5-4-12(15)14-3/h6-7H,4-5,13H2,1-3H3,(H,14,15). The predicted octanol–water partition coefficient (Wildman–Crippen LogP) is 1.40. The Labute approximate surface area is 95.8 Å². The fraction of sp³-hybridized carbons (Fsp3) is 0.417. The highest BCUT2D eigenvalue weighted by molar-refractivity contribution is 5.75. The second kappa shape index (κ2) is 5.39. The minimum atomic E-state index is -0.0233. The lowest BCUT2D eigenvalue weighted by molar-refractivity contribution is -0.121. The van der Waals surface area contributed by atoms with Gasteiger partial charge >= 0.3 is 0 Å². The molecule has 0 aliphatic rings. The van der Waals surface area contributed by atoms with Crippen molar-refractivity contribution in [2.75, 3.05) is 19.4 Å². The topological polar surface area (TPSA) is 64.3 Å². The van der Waals surface area contributed by atoms with Gasteiger partial charge in [-0.15, -0.1) is 0 Å². The van der Waals surface area contributed by atoms with Crippen LogP contribution in [0.3, 0.4) is 0 Å². The van der Waals surface area contributed by atoms with E-state index in [0.29, 0.717) is 13.0 Å². The van der Waals surface area contributed by atoms with Crippen molar-refractivity contribution in [2.45, 2.75) is 20.3 Å². The van der Waals surface area contributed by atoms with Crippen LogP contribution in [0.2, 0.25) is 0 Å². The van der Waals surface area contributed by atoms with Crippen molar-refractivity contribution < 1.29 is 9.53 Å². The molecule has 0 heterocycles. The summed E-state index contributed by atoms with van der Waals surface area (Å²) in [5, 5.41) is 2.55. The van der Waals surface area contributed by atoms with Gasteiger partial charge in [0.25, 0.3) is 0 Å². The zero-order chi connectivity index (χ0) is 12.1. The Kier molecular flexibility index (Phi) is 4.17. The first-order chi connectivity index (χ1) is 7.54. The van der Waals surface area contributed by atoms with E-state index < -0.39 is 0 Å². The SMILES string of the molecule is CNC(=O)CCOc1cc(C)c(N)cc1C. The number of carbonyl (C=O) groups excluding carboxylic acids is 1. The maximum absolute atomic E-state index is 11.0. The number of nitrogens with two attached hydrogens (primary N) is 1. The van der Waals surface area contributed by atoms with Crippen molar-refractivity contribution in [1.29, 1.82) is 0 Å². The molecule has 4 nitrogen and oxygen atoms in total. The lowest BCUT2D eigenvalue weighted by Gasteiger charge is -2.11. The molecular formula is C12H18N2O2. The number of amides is 1. The number of hydrogen-bond acceptors (Lipinski definition) is 3. The molecule has 1 aromatic carbocycles. The summed E-state index contributed by atoms with van der Waals surface area (Å²) in [7, 11) is 1.61. The number of rotatable bonds is 4. The third-order valence-corrected chi connectivity index (χ3v) is 2.43. The van der Waals surface area contributed by atoms with Gasteiger partial charge in [0, 0.05) is 12.7 Å². The largest absolute Gasteiger partial charge is 0.493 e. The molecule has 0 aliphatic carbocycles. The van der Waals surface area contributed by atoms with E-state index in [9.17, 15) is 4.79 Å². The molecule has 0 saturated heterocycles. The van der Waals surface area contributed by atoms with Gasteiger partial charge in [0.1, 0.15) is 5.75 Å². The van der Waals surface area contributed by atoms with Gasteiger partial charge < -0.3 is 15.8 Å². The van der Waals surface area contributed by atoms with Crippen LogP contribution in [0.25, 0.3) is 0 Å². The zero-order valence-corrected chi connectivity index (χ0v) is 9.96. The Morgan fingerprint density at radius 3 is 2.69 bits per heavy atom. The van der Waals surface area contributed by atoms with Crippen molar-refractivity contribution >= 4 is 11.6 Å². The molecular weight excluding hydrogens is 204 g/mol. The molecule has 1 aromatic rings. The van der Waals surface area contributed by atoms with Crippen LogP contribution >= 0.6 is 0 Å². The molecule has 1 rings (SSSR count). The Bertz CT molecular complexity index is 389. The lowest BCUT2D eigenvalue weighted by atomic mass is 10.1. The molecule has 1 amide bonds. The number of nitrogens with one attached hydrogen (secondary N) is 1. The van der Waals surface area contributed by atoms with Crippen LogP contribution in [-0.2, 0) is 4.79 Å². The highest BCUT2D eigenvalue weighted by Gasteiger charge is 2.04. The van der Waals surface area contributed by atoms with E-state index in [1.807, 2.05) is 26.0 Å². The van der Waals surface area contributed by atoms with Crippen molar-refractivity contribution in [2.24, 2.45) is 0 Å². The predicted molar refractivity (Wildman–Crippen MR) is 64.5 cm³/mol. The minimum absolute atomic E-state index is 0.0233. The van der Waals surface area contributed by atoms with Gasteiger partial charge in [-0.25, -0.2) is 0 Å². The Morgan fingerprint density at radius 2 is 2.06 bits per heavy atom. The monoisotopic (exact) mass is 222 g/mol. The van der Waals surface area contributed by atoms with Crippen molar-refractivity contribution in [1.82, 2.24) is 5.32 Å². The molecule has 0 fully saturated rings. The third kappa shape index (κ3) is 3.15. The fourth-order valence-corrected chi connectivity index (χ4v) is 1.35. The Morgan fingerprint density at radius 1 is 1.38 bits per heavy atom. The summed E-state index contributed by atoms with van der Waals surface area (Å²) in [4.78, 5) is 11.0. The molecule has 0 spiro atoms. The maximum Gasteiger partial charge on any atom is 0.223 e. The van der Waals surface area contributed by atoms with E-state index in [1.165, 1.54) is 0 Å². The van der Waals surface area contributed by atoms with Crippen LogP contribution in [0.5, 0.6) is 5.75 Å². The summed E-state index contributed by atoms with van der Waals surface area (Å²) in [5.41, 5.74) is 8.50. The van der Waals surface area contributed by atoms with Gasteiger partial charge in [-0.3, -0.25) is 4.79 Å². The lowest BCUT2D eigenvalue weighted by Crippen LogP contribution is -2.20. The van der Waals surface area contributed by atoms with E-state index in [-0.39, 0.29) is 5.91 Å². The normalized spacial score (nSPS) is 9.94. The van der Waals surface area contributed by atoms with E-state index in [4.69, 9.17) is 10.5 Å². The first-order valence-electron chi connectivity index (χ1n) is 5.24. The first kappa shape index (κ1) is 12.4. The van der Waals surface area contributed by atoms with Gasteiger partial charge in [0.2, 0.25) is 5.91 Å². The second-order valence-electron chi connectivity index (χ2n) is 3.75. The van der Waals surface area contributed by atoms with Gasteiger partial charge in [0.15, 0.2) is 0 Å². The number of benzene rings is 1. The van der Waals surface area contributed by atoms with Crippen LogP contribution in [-0.4, -0.2) is 19.6 Å². The molecule has 16 heavy (non-hydrogen) atoms. The zero-order valence-electron chi connectivity index (χ0n) is 9.96. The van der Waals surface area contributed by atoms with Crippen LogP contribution < -0.4 is 15.8 Å². The summed E-state index contributed by atoms with van der Waals surface area (Å²) in [6.45, 7) is 4.25. The van der Waals surface area contributed by atoms with Crippen molar-refractivity contribution in [3.63, 3.8) is 0 Å². The maximum atomic E-state index is 11.0. The van der Waals surface area contributed by atoms with Gasteiger partial charge in [-0.1, -0.05) is 0 Å². The number of hydrogen-bond donors (Lipinski definition) is 2.